The number of ether oxygens (including phenoxy) is 1. The van der Waals surface area contributed by atoms with Crippen molar-refractivity contribution < 1.29 is 14.3 Å². The van der Waals surface area contributed by atoms with Crippen LogP contribution in [0.2, 0.25) is 0 Å². The maximum atomic E-state index is 12.2. The molecule has 1 aromatic carbocycles. The number of carbonyl (C=O) groups excluding carboxylic acids is 2. The summed E-state index contributed by atoms with van der Waals surface area (Å²) in [5.41, 5.74) is 2.00. The molecule has 0 unspecified atom stereocenters. The van der Waals surface area contributed by atoms with Gasteiger partial charge in [-0.05, 0) is 72.0 Å². The number of hydrogen-bond donors (Lipinski definition) is 1. The average Bonchev–Trinajstić information content (AvgIpc) is 2.86. The molecule has 24 heavy (non-hydrogen) atoms. The molecule has 3 rings (SSSR count). The second kappa shape index (κ2) is 8.11. The quantitative estimate of drug-likeness (QED) is 0.422. The number of rotatable bonds is 4. The Morgan fingerprint density at radius 2 is 1.96 bits per heavy atom. The smallest absolute Gasteiger partial charge is 0.348 e. The van der Waals surface area contributed by atoms with Crippen LogP contribution in [0.15, 0.2) is 30.3 Å². The van der Waals surface area contributed by atoms with Gasteiger partial charge in [0.2, 0.25) is 0 Å². The first-order valence-corrected chi connectivity index (χ1v) is 9.86. The minimum atomic E-state index is -0.411. The van der Waals surface area contributed by atoms with E-state index in [4.69, 9.17) is 4.74 Å². The largest absolute Gasteiger partial charge is 0.451 e. The molecule has 0 fully saturated rings. The number of anilines is 1. The lowest BCUT2D eigenvalue weighted by Crippen LogP contribution is -2.21. The number of esters is 1. The molecule has 0 saturated heterocycles. The fourth-order valence-corrected chi connectivity index (χ4v) is 4.39. The summed E-state index contributed by atoms with van der Waals surface area (Å²) in [4.78, 5) is 26.0. The van der Waals surface area contributed by atoms with Crippen molar-refractivity contribution in [2.45, 2.75) is 32.1 Å². The highest BCUT2D eigenvalue weighted by Gasteiger charge is 2.18. The maximum absolute atomic E-state index is 12.2. The van der Waals surface area contributed by atoms with E-state index in [1.807, 2.05) is 30.3 Å². The van der Waals surface area contributed by atoms with Gasteiger partial charge in [0.1, 0.15) is 4.88 Å². The summed E-state index contributed by atoms with van der Waals surface area (Å²) in [6.45, 7) is -0.271. The first-order chi connectivity index (χ1) is 11.6. The van der Waals surface area contributed by atoms with Crippen LogP contribution < -0.4 is 5.32 Å². The highest BCUT2D eigenvalue weighted by molar-refractivity contribution is 14.1. The Balaban J connectivity index is 1.55. The number of hydrogen-bond acceptors (Lipinski definition) is 4. The molecule has 1 amide bonds. The zero-order valence-corrected chi connectivity index (χ0v) is 16.1. The molecule has 0 aliphatic heterocycles. The molecule has 0 saturated carbocycles. The SMILES string of the molecule is O=C(COC(=O)c1cc2c(s1)CCCCC2)Nc1ccccc1I. The Kier molecular flexibility index (Phi) is 5.89. The molecule has 1 aliphatic carbocycles. The Morgan fingerprint density at radius 1 is 1.17 bits per heavy atom. The number of fused-ring (bicyclic) bond motifs is 1. The lowest BCUT2D eigenvalue weighted by Gasteiger charge is -2.07. The van der Waals surface area contributed by atoms with Gasteiger partial charge in [-0.25, -0.2) is 4.79 Å². The fourth-order valence-electron chi connectivity index (χ4n) is 2.72. The molecule has 1 aliphatic rings. The normalized spacial score (nSPS) is 13.7. The van der Waals surface area contributed by atoms with Gasteiger partial charge in [0.25, 0.3) is 5.91 Å². The number of carbonyl (C=O) groups is 2. The maximum Gasteiger partial charge on any atom is 0.348 e. The van der Waals surface area contributed by atoms with Gasteiger partial charge in [-0.2, -0.15) is 0 Å². The van der Waals surface area contributed by atoms with Crippen LogP contribution in [0.4, 0.5) is 5.69 Å². The van der Waals surface area contributed by atoms with Crippen LogP contribution in [-0.4, -0.2) is 18.5 Å². The Labute approximate surface area is 158 Å². The second-order valence-corrected chi connectivity index (χ2v) is 8.02. The molecule has 1 heterocycles. The molecule has 1 aromatic heterocycles. The summed E-state index contributed by atoms with van der Waals surface area (Å²) >= 11 is 3.66. The lowest BCUT2D eigenvalue weighted by molar-refractivity contribution is -0.119. The number of benzene rings is 1. The molecule has 1 N–H and O–H groups in total. The lowest BCUT2D eigenvalue weighted by atomic mass is 10.1. The zero-order chi connectivity index (χ0) is 16.9. The van der Waals surface area contributed by atoms with Gasteiger partial charge in [-0.1, -0.05) is 18.6 Å². The molecule has 0 atom stereocenters. The topological polar surface area (TPSA) is 55.4 Å². The van der Waals surface area contributed by atoms with Gasteiger partial charge in [-0.3, -0.25) is 4.79 Å². The molecule has 0 spiro atoms. The van der Waals surface area contributed by atoms with Crippen LogP contribution >= 0.6 is 33.9 Å². The van der Waals surface area contributed by atoms with Crippen molar-refractivity contribution in [2.24, 2.45) is 0 Å². The van der Waals surface area contributed by atoms with Gasteiger partial charge in [0, 0.05) is 8.45 Å². The van der Waals surface area contributed by atoms with E-state index in [-0.39, 0.29) is 12.5 Å². The summed E-state index contributed by atoms with van der Waals surface area (Å²) in [5, 5.41) is 2.75. The van der Waals surface area contributed by atoms with Crippen LogP contribution in [0.1, 0.15) is 39.4 Å². The van der Waals surface area contributed by atoms with E-state index in [1.165, 1.54) is 41.0 Å². The molecule has 2 aromatic rings. The average molecular weight is 455 g/mol. The Hall–Kier alpha value is -1.41. The molecule has 126 valence electrons. The van der Waals surface area contributed by atoms with E-state index in [0.29, 0.717) is 4.88 Å². The van der Waals surface area contributed by atoms with E-state index in [1.54, 1.807) is 0 Å². The summed E-state index contributed by atoms with van der Waals surface area (Å²) in [6, 6.07) is 9.41. The predicted octanol–water partition coefficient (Wildman–Crippen LogP) is 4.42. The summed E-state index contributed by atoms with van der Waals surface area (Å²) in [5.74, 6) is -0.739. The predicted molar refractivity (Wildman–Crippen MR) is 104 cm³/mol. The standard InChI is InChI=1S/C18H18INO3S/c19-13-7-4-5-8-14(13)20-17(21)11-23-18(22)16-10-12-6-2-1-3-9-15(12)24-16/h4-5,7-8,10H,1-3,6,9,11H2,(H,20,21). The van der Waals surface area contributed by atoms with E-state index in [2.05, 4.69) is 27.9 Å². The minimum absolute atomic E-state index is 0.271. The molecule has 6 heteroatoms. The third-order valence-corrected chi connectivity index (χ3v) is 6.09. The minimum Gasteiger partial charge on any atom is -0.451 e. The van der Waals surface area contributed by atoms with Gasteiger partial charge < -0.3 is 10.1 Å². The molecule has 4 nitrogen and oxygen atoms in total. The zero-order valence-electron chi connectivity index (χ0n) is 13.1. The Morgan fingerprint density at radius 3 is 2.79 bits per heavy atom. The number of thiophene rings is 1. The van der Waals surface area contributed by atoms with Gasteiger partial charge in [0.05, 0.1) is 5.69 Å². The Bertz CT molecular complexity index is 733. The molecule has 0 bridgehead atoms. The van der Waals surface area contributed by atoms with Crippen molar-refractivity contribution >= 4 is 51.5 Å². The first kappa shape index (κ1) is 17.4. The van der Waals surface area contributed by atoms with E-state index >= 15 is 0 Å². The number of aryl methyl sites for hydroxylation is 2. The summed E-state index contributed by atoms with van der Waals surface area (Å²) in [7, 11) is 0. The number of nitrogens with one attached hydrogen (secondary N) is 1. The van der Waals surface area contributed by atoms with Crippen LogP contribution in [0.3, 0.4) is 0 Å². The first-order valence-electron chi connectivity index (χ1n) is 7.96. The summed E-state index contributed by atoms with van der Waals surface area (Å²) < 4.78 is 6.11. The van der Waals surface area contributed by atoms with Crippen molar-refractivity contribution in [2.75, 3.05) is 11.9 Å². The van der Waals surface area contributed by atoms with Gasteiger partial charge in [0.15, 0.2) is 6.61 Å². The third kappa shape index (κ3) is 4.36. The van der Waals surface area contributed by atoms with Crippen molar-refractivity contribution in [1.29, 1.82) is 0 Å². The number of para-hydroxylation sites is 1. The van der Waals surface area contributed by atoms with E-state index in [9.17, 15) is 9.59 Å². The van der Waals surface area contributed by atoms with Crippen molar-refractivity contribution in [1.82, 2.24) is 0 Å². The van der Waals surface area contributed by atoms with Crippen LogP contribution in [0.5, 0.6) is 0 Å². The fraction of sp³-hybridized carbons (Fsp3) is 0.333. The highest BCUT2D eigenvalue weighted by atomic mass is 127. The molecular formula is C18H18INO3S. The molecular weight excluding hydrogens is 437 g/mol. The van der Waals surface area contributed by atoms with Crippen molar-refractivity contribution in [3.05, 3.63) is 49.2 Å². The van der Waals surface area contributed by atoms with Crippen LogP contribution in [-0.2, 0) is 22.4 Å². The number of amides is 1. The van der Waals surface area contributed by atoms with Crippen molar-refractivity contribution in [3.63, 3.8) is 0 Å². The highest BCUT2D eigenvalue weighted by Crippen LogP contribution is 2.29. The third-order valence-electron chi connectivity index (χ3n) is 3.93. The second-order valence-electron chi connectivity index (χ2n) is 5.72. The number of halogens is 1. The van der Waals surface area contributed by atoms with E-state index < -0.39 is 5.97 Å². The van der Waals surface area contributed by atoms with Gasteiger partial charge in [-0.15, -0.1) is 11.3 Å². The van der Waals surface area contributed by atoms with Crippen molar-refractivity contribution in [3.8, 4) is 0 Å². The molecule has 0 radical (unpaired) electrons. The van der Waals surface area contributed by atoms with E-state index in [0.717, 1.165) is 22.1 Å². The monoisotopic (exact) mass is 455 g/mol. The summed E-state index contributed by atoms with van der Waals surface area (Å²) in [6.07, 6.45) is 5.68. The van der Waals surface area contributed by atoms with Gasteiger partial charge >= 0.3 is 5.97 Å². The van der Waals surface area contributed by atoms with Crippen LogP contribution in [0, 0.1) is 3.57 Å². The van der Waals surface area contributed by atoms with Crippen LogP contribution in [0.25, 0.3) is 0 Å².